The Morgan fingerprint density at radius 3 is 2.47 bits per heavy atom. The first-order valence-electron chi connectivity index (χ1n) is 6.93. The molecule has 106 valence electrons. The summed E-state index contributed by atoms with van der Waals surface area (Å²) in [5.74, 6) is 0.815. The van der Waals surface area contributed by atoms with Gasteiger partial charge in [-0.05, 0) is 5.92 Å². The molecule has 1 aromatic rings. The van der Waals surface area contributed by atoms with Gasteiger partial charge in [-0.2, -0.15) is 0 Å². The highest BCUT2D eigenvalue weighted by Crippen LogP contribution is 2.06. The van der Waals surface area contributed by atoms with E-state index in [0.717, 1.165) is 25.2 Å². The fourth-order valence-electron chi connectivity index (χ4n) is 2.06. The Balaban J connectivity index is 2.44. The van der Waals surface area contributed by atoms with Crippen molar-refractivity contribution in [3.63, 3.8) is 0 Å². The van der Waals surface area contributed by atoms with Crippen molar-refractivity contribution in [2.75, 3.05) is 33.4 Å². The largest absolute Gasteiger partial charge is 0.383 e. The molecule has 0 N–H and O–H groups in total. The summed E-state index contributed by atoms with van der Waals surface area (Å²) in [6.45, 7) is 7.79. The standard InChI is InChI=1S/C16H25NO2/c1-14(2)13-17(11-12-19-3)10-9-16(18)15-7-5-4-6-8-15/h4-8,14H,9-13H2,1-3H3. The van der Waals surface area contributed by atoms with Gasteiger partial charge in [-0.15, -0.1) is 0 Å². The molecular formula is C16H25NO2. The van der Waals surface area contributed by atoms with Crippen molar-refractivity contribution < 1.29 is 9.53 Å². The number of hydrogen-bond donors (Lipinski definition) is 0. The van der Waals surface area contributed by atoms with Crippen LogP contribution in [0.2, 0.25) is 0 Å². The molecule has 3 nitrogen and oxygen atoms in total. The third-order valence-corrected chi connectivity index (χ3v) is 2.99. The number of carbonyl (C=O) groups is 1. The summed E-state index contributed by atoms with van der Waals surface area (Å²) in [4.78, 5) is 14.4. The molecule has 0 aliphatic carbocycles. The first kappa shape index (κ1) is 15.9. The SMILES string of the molecule is COCCN(CCC(=O)c1ccccc1)CC(C)C. The fraction of sp³-hybridized carbons (Fsp3) is 0.562. The normalized spacial score (nSPS) is 11.2. The third-order valence-electron chi connectivity index (χ3n) is 2.99. The fourth-order valence-corrected chi connectivity index (χ4v) is 2.06. The zero-order valence-electron chi connectivity index (χ0n) is 12.3. The number of nitrogens with zero attached hydrogens (tertiary/aromatic N) is 1. The number of Topliss-reactive ketones (excluding diaryl/α,β-unsaturated/α-hetero) is 1. The van der Waals surface area contributed by atoms with Crippen molar-refractivity contribution in [2.24, 2.45) is 5.92 Å². The summed E-state index contributed by atoms with van der Waals surface area (Å²) in [5, 5.41) is 0. The van der Waals surface area contributed by atoms with Gasteiger partial charge in [0.15, 0.2) is 5.78 Å². The number of methoxy groups -OCH3 is 1. The Labute approximate surface area is 116 Å². The van der Waals surface area contributed by atoms with Crippen LogP contribution in [-0.2, 0) is 4.74 Å². The topological polar surface area (TPSA) is 29.5 Å². The highest BCUT2D eigenvalue weighted by atomic mass is 16.5. The molecule has 0 bridgehead atoms. The van der Waals surface area contributed by atoms with Crippen LogP contribution in [-0.4, -0.2) is 44.0 Å². The molecule has 0 atom stereocenters. The average molecular weight is 263 g/mol. The van der Waals surface area contributed by atoms with Crippen molar-refractivity contribution in [1.29, 1.82) is 0 Å². The Morgan fingerprint density at radius 2 is 1.89 bits per heavy atom. The van der Waals surface area contributed by atoms with E-state index in [9.17, 15) is 4.79 Å². The lowest BCUT2D eigenvalue weighted by Crippen LogP contribution is -2.33. The van der Waals surface area contributed by atoms with Gasteiger partial charge in [0.25, 0.3) is 0 Å². The summed E-state index contributed by atoms with van der Waals surface area (Å²) in [6.07, 6.45) is 0.570. The second-order valence-electron chi connectivity index (χ2n) is 5.23. The summed E-state index contributed by atoms with van der Waals surface area (Å²) < 4.78 is 5.12. The van der Waals surface area contributed by atoms with Crippen molar-refractivity contribution in [3.05, 3.63) is 35.9 Å². The molecule has 0 radical (unpaired) electrons. The van der Waals surface area contributed by atoms with E-state index in [1.807, 2.05) is 30.3 Å². The van der Waals surface area contributed by atoms with Gasteiger partial charge < -0.3 is 9.64 Å². The van der Waals surface area contributed by atoms with Crippen LogP contribution in [0.5, 0.6) is 0 Å². The molecule has 0 amide bonds. The Bertz CT molecular complexity index is 362. The third kappa shape index (κ3) is 6.50. The van der Waals surface area contributed by atoms with Crippen molar-refractivity contribution >= 4 is 5.78 Å². The molecule has 0 spiro atoms. The highest BCUT2D eigenvalue weighted by Gasteiger charge is 2.11. The van der Waals surface area contributed by atoms with Gasteiger partial charge in [-0.1, -0.05) is 44.2 Å². The predicted octanol–water partition coefficient (Wildman–Crippen LogP) is 2.86. The number of benzene rings is 1. The van der Waals surface area contributed by atoms with Crippen LogP contribution in [0.3, 0.4) is 0 Å². The van der Waals surface area contributed by atoms with Gasteiger partial charge in [0.2, 0.25) is 0 Å². The van der Waals surface area contributed by atoms with E-state index in [-0.39, 0.29) is 5.78 Å². The summed E-state index contributed by atoms with van der Waals surface area (Å²) in [7, 11) is 1.71. The zero-order chi connectivity index (χ0) is 14.1. The van der Waals surface area contributed by atoms with Crippen molar-refractivity contribution in [3.8, 4) is 0 Å². The predicted molar refractivity (Wildman–Crippen MR) is 78.5 cm³/mol. The molecule has 1 rings (SSSR count). The van der Waals surface area contributed by atoms with Crippen LogP contribution in [0.15, 0.2) is 30.3 Å². The van der Waals surface area contributed by atoms with Gasteiger partial charge in [-0.3, -0.25) is 4.79 Å². The maximum absolute atomic E-state index is 12.1. The quantitative estimate of drug-likeness (QED) is 0.642. The minimum Gasteiger partial charge on any atom is -0.383 e. The Morgan fingerprint density at radius 1 is 1.21 bits per heavy atom. The van der Waals surface area contributed by atoms with Crippen LogP contribution < -0.4 is 0 Å². The molecule has 0 aliphatic rings. The maximum Gasteiger partial charge on any atom is 0.164 e. The first-order chi connectivity index (χ1) is 9.13. The minimum atomic E-state index is 0.215. The smallest absolute Gasteiger partial charge is 0.164 e. The lowest BCUT2D eigenvalue weighted by molar-refractivity contribution is 0.0941. The number of hydrogen-bond acceptors (Lipinski definition) is 3. The molecule has 0 saturated heterocycles. The summed E-state index contributed by atoms with van der Waals surface area (Å²) in [5.41, 5.74) is 0.804. The molecule has 0 saturated carbocycles. The monoisotopic (exact) mass is 263 g/mol. The first-order valence-corrected chi connectivity index (χ1v) is 6.93. The lowest BCUT2D eigenvalue weighted by Gasteiger charge is -2.23. The second kappa shape index (κ2) is 8.83. The van der Waals surface area contributed by atoms with Crippen molar-refractivity contribution in [1.82, 2.24) is 4.90 Å². The van der Waals surface area contributed by atoms with Gasteiger partial charge in [0.05, 0.1) is 6.61 Å². The molecule has 0 heterocycles. The summed E-state index contributed by atoms with van der Waals surface area (Å²) >= 11 is 0. The summed E-state index contributed by atoms with van der Waals surface area (Å²) in [6, 6.07) is 9.50. The maximum atomic E-state index is 12.1. The van der Waals surface area contributed by atoms with Gasteiger partial charge >= 0.3 is 0 Å². The molecule has 0 aromatic heterocycles. The van der Waals surface area contributed by atoms with E-state index in [2.05, 4.69) is 18.7 Å². The number of carbonyl (C=O) groups excluding carboxylic acids is 1. The molecular weight excluding hydrogens is 238 g/mol. The van der Waals surface area contributed by atoms with E-state index >= 15 is 0 Å². The van der Waals surface area contributed by atoms with E-state index in [1.165, 1.54) is 0 Å². The molecule has 1 aromatic carbocycles. The van der Waals surface area contributed by atoms with E-state index in [0.29, 0.717) is 18.9 Å². The molecule has 0 aliphatic heterocycles. The van der Waals surface area contributed by atoms with E-state index < -0.39 is 0 Å². The number of ketones is 1. The second-order valence-corrected chi connectivity index (χ2v) is 5.23. The average Bonchev–Trinajstić information content (AvgIpc) is 2.42. The van der Waals surface area contributed by atoms with E-state index in [4.69, 9.17) is 4.74 Å². The van der Waals surface area contributed by atoms with Crippen LogP contribution in [0.1, 0.15) is 30.6 Å². The Hall–Kier alpha value is -1.19. The van der Waals surface area contributed by atoms with Crippen molar-refractivity contribution in [2.45, 2.75) is 20.3 Å². The van der Waals surface area contributed by atoms with Crippen LogP contribution in [0.25, 0.3) is 0 Å². The number of rotatable bonds is 9. The van der Waals surface area contributed by atoms with Gasteiger partial charge in [-0.25, -0.2) is 0 Å². The van der Waals surface area contributed by atoms with E-state index in [1.54, 1.807) is 7.11 Å². The zero-order valence-corrected chi connectivity index (χ0v) is 12.3. The van der Waals surface area contributed by atoms with Gasteiger partial charge in [0, 0.05) is 38.7 Å². The minimum absolute atomic E-state index is 0.215. The molecule has 0 fully saturated rings. The molecule has 19 heavy (non-hydrogen) atoms. The number of ether oxygens (including phenoxy) is 1. The Kier molecular flexibility index (Phi) is 7.38. The van der Waals surface area contributed by atoms with Crippen LogP contribution in [0.4, 0.5) is 0 Å². The molecule has 0 unspecified atom stereocenters. The van der Waals surface area contributed by atoms with Crippen LogP contribution >= 0.6 is 0 Å². The van der Waals surface area contributed by atoms with Crippen LogP contribution in [0, 0.1) is 5.92 Å². The van der Waals surface area contributed by atoms with Gasteiger partial charge in [0.1, 0.15) is 0 Å². The lowest BCUT2D eigenvalue weighted by atomic mass is 10.1. The highest BCUT2D eigenvalue weighted by molar-refractivity contribution is 5.96. The molecule has 3 heteroatoms.